The van der Waals surface area contributed by atoms with Crippen LogP contribution in [0, 0.1) is 0 Å². The van der Waals surface area contributed by atoms with Crippen molar-refractivity contribution in [3.8, 4) is 0 Å². The van der Waals surface area contributed by atoms with Crippen LogP contribution in [0.2, 0.25) is 0 Å². The summed E-state index contributed by atoms with van der Waals surface area (Å²) in [5.74, 6) is -0.458. The van der Waals surface area contributed by atoms with Gasteiger partial charge in [-0.1, -0.05) is 36.5 Å². The molecule has 1 aromatic heterocycles. The van der Waals surface area contributed by atoms with E-state index in [4.69, 9.17) is 12.2 Å². The maximum Gasteiger partial charge on any atom is 0.416 e. The van der Waals surface area contributed by atoms with Gasteiger partial charge in [-0.25, -0.2) is 0 Å². The Morgan fingerprint density at radius 1 is 1.15 bits per heavy atom. The molecule has 1 amide bonds. The monoisotopic (exact) mass is 411 g/mol. The van der Waals surface area contributed by atoms with Crippen LogP contribution in [0.25, 0.3) is 6.08 Å². The van der Waals surface area contributed by atoms with Crippen LogP contribution in [0.15, 0.2) is 47.9 Å². The van der Waals surface area contributed by atoms with Crippen LogP contribution in [-0.4, -0.2) is 23.1 Å². The van der Waals surface area contributed by atoms with Gasteiger partial charge in [0.15, 0.2) is 5.78 Å². The van der Waals surface area contributed by atoms with E-state index in [9.17, 15) is 22.8 Å². The number of benzene rings is 1. The highest BCUT2D eigenvalue weighted by atomic mass is 32.1. The van der Waals surface area contributed by atoms with Crippen molar-refractivity contribution in [3.63, 3.8) is 0 Å². The fourth-order valence-electron chi connectivity index (χ4n) is 2.12. The number of halogens is 3. The van der Waals surface area contributed by atoms with Gasteiger partial charge in [0.05, 0.1) is 12.0 Å². The highest BCUT2D eigenvalue weighted by Gasteiger charge is 2.29. The van der Waals surface area contributed by atoms with Crippen LogP contribution in [0.4, 0.5) is 13.2 Å². The summed E-state index contributed by atoms with van der Waals surface area (Å²) in [5, 5.41) is 4.55. The van der Waals surface area contributed by atoms with Gasteiger partial charge in [0, 0.05) is 22.7 Å². The average Bonchev–Trinajstić information content (AvgIpc) is 3.11. The van der Waals surface area contributed by atoms with Crippen molar-refractivity contribution in [1.82, 2.24) is 5.32 Å². The van der Waals surface area contributed by atoms with Gasteiger partial charge in [-0.05, 0) is 35.2 Å². The topological polar surface area (TPSA) is 46.2 Å². The molecular formula is C19H16F3NO2S2. The molecule has 0 atom stereocenters. The van der Waals surface area contributed by atoms with E-state index in [0.717, 1.165) is 17.0 Å². The first-order chi connectivity index (χ1) is 12.7. The lowest BCUT2D eigenvalue weighted by Crippen LogP contribution is -2.30. The molecule has 0 bridgehead atoms. The molecule has 1 aromatic carbocycles. The number of allylic oxidation sites excluding steroid dienone is 1. The molecule has 1 heterocycles. The van der Waals surface area contributed by atoms with Crippen LogP contribution < -0.4 is 5.32 Å². The fourth-order valence-corrected chi connectivity index (χ4v) is 3.04. The standard InChI is InChI=1S/C19H16F3NO2S2/c20-19(21,22)14-6-3-13(4-7-14)5-8-15(24)10-16(26)12-23-18(25)11-17-2-1-9-27-17/h1-9H,10-12H2,(H,23,25)/b8-5+. The first-order valence-corrected chi connectivity index (χ1v) is 9.22. The second kappa shape index (κ2) is 9.57. The summed E-state index contributed by atoms with van der Waals surface area (Å²) in [6.07, 6.45) is -1.45. The van der Waals surface area contributed by atoms with Gasteiger partial charge in [-0.3, -0.25) is 9.59 Å². The first-order valence-electron chi connectivity index (χ1n) is 7.93. The Morgan fingerprint density at radius 3 is 2.44 bits per heavy atom. The van der Waals surface area contributed by atoms with E-state index in [0.29, 0.717) is 10.4 Å². The molecule has 0 radical (unpaired) electrons. The molecule has 0 saturated heterocycles. The molecule has 0 saturated carbocycles. The summed E-state index contributed by atoms with van der Waals surface area (Å²) in [6.45, 7) is 0.124. The van der Waals surface area contributed by atoms with Crippen molar-refractivity contribution in [2.75, 3.05) is 6.54 Å². The van der Waals surface area contributed by atoms with Gasteiger partial charge >= 0.3 is 6.18 Å². The first kappa shape index (κ1) is 21.0. The number of thiocarbonyl (C=S) groups is 1. The molecule has 2 aromatic rings. The number of carbonyl (C=O) groups excluding carboxylic acids is 2. The quantitative estimate of drug-likeness (QED) is 0.515. The number of rotatable bonds is 8. The summed E-state index contributed by atoms with van der Waals surface area (Å²) in [7, 11) is 0. The molecular weight excluding hydrogens is 395 g/mol. The third-order valence-corrected chi connectivity index (χ3v) is 4.63. The SMILES string of the molecule is O=C(/C=C/c1ccc(C(F)(F)F)cc1)CC(=S)CNC(=O)Cc1cccs1. The van der Waals surface area contributed by atoms with E-state index in [1.165, 1.54) is 35.6 Å². The van der Waals surface area contributed by atoms with Crippen LogP contribution >= 0.6 is 23.6 Å². The van der Waals surface area contributed by atoms with Gasteiger partial charge < -0.3 is 5.32 Å². The molecule has 0 spiro atoms. The maximum absolute atomic E-state index is 12.5. The van der Waals surface area contributed by atoms with Crippen LogP contribution in [-0.2, 0) is 22.2 Å². The number of thiophene rings is 1. The smallest absolute Gasteiger partial charge is 0.351 e. The maximum atomic E-state index is 12.5. The molecule has 0 aliphatic rings. The van der Waals surface area contributed by atoms with Crippen molar-refractivity contribution >= 4 is 46.2 Å². The zero-order valence-electron chi connectivity index (χ0n) is 14.1. The number of hydrogen-bond acceptors (Lipinski definition) is 4. The number of amides is 1. The molecule has 142 valence electrons. The Bertz CT molecular complexity index is 826. The van der Waals surface area contributed by atoms with E-state index >= 15 is 0 Å². The summed E-state index contributed by atoms with van der Waals surface area (Å²) in [4.78, 5) is 25.0. The Hall–Kier alpha value is -2.32. The summed E-state index contributed by atoms with van der Waals surface area (Å²) >= 11 is 6.58. The third kappa shape index (κ3) is 7.44. The zero-order chi connectivity index (χ0) is 19.9. The zero-order valence-corrected chi connectivity index (χ0v) is 15.7. The average molecular weight is 411 g/mol. The van der Waals surface area contributed by atoms with E-state index in [1.54, 1.807) is 0 Å². The van der Waals surface area contributed by atoms with Crippen molar-refractivity contribution < 1.29 is 22.8 Å². The van der Waals surface area contributed by atoms with Gasteiger partial charge in [-0.15, -0.1) is 11.3 Å². The fraction of sp³-hybridized carbons (Fsp3) is 0.211. The molecule has 0 aliphatic carbocycles. The Kier molecular flexibility index (Phi) is 7.44. The lowest BCUT2D eigenvalue weighted by molar-refractivity contribution is -0.137. The van der Waals surface area contributed by atoms with E-state index < -0.39 is 11.7 Å². The molecule has 0 fully saturated rings. The predicted octanol–water partition coefficient (Wildman–Crippen LogP) is 4.47. The van der Waals surface area contributed by atoms with Gasteiger partial charge in [-0.2, -0.15) is 13.2 Å². The Morgan fingerprint density at radius 2 is 1.85 bits per heavy atom. The Balaban J connectivity index is 1.76. The van der Waals surface area contributed by atoms with Crippen molar-refractivity contribution in [2.45, 2.75) is 19.0 Å². The highest BCUT2D eigenvalue weighted by Crippen LogP contribution is 2.29. The molecule has 8 heteroatoms. The molecule has 2 rings (SSSR count). The van der Waals surface area contributed by atoms with Crippen LogP contribution in [0.1, 0.15) is 22.4 Å². The predicted molar refractivity (Wildman–Crippen MR) is 104 cm³/mol. The number of hydrogen-bond donors (Lipinski definition) is 1. The molecule has 0 aliphatic heterocycles. The van der Waals surface area contributed by atoms with E-state index in [-0.39, 0.29) is 31.1 Å². The minimum Gasteiger partial charge on any atom is -0.351 e. The highest BCUT2D eigenvalue weighted by molar-refractivity contribution is 7.80. The molecule has 0 unspecified atom stereocenters. The van der Waals surface area contributed by atoms with Crippen molar-refractivity contribution in [2.24, 2.45) is 0 Å². The number of carbonyl (C=O) groups is 2. The Labute approximate surface area is 163 Å². The lowest BCUT2D eigenvalue weighted by atomic mass is 10.1. The summed E-state index contributed by atoms with van der Waals surface area (Å²) < 4.78 is 37.5. The molecule has 3 nitrogen and oxygen atoms in total. The van der Waals surface area contributed by atoms with Crippen molar-refractivity contribution in [3.05, 3.63) is 63.9 Å². The molecule has 1 N–H and O–H groups in total. The lowest BCUT2D eigenvalue weighted by Gasteiger charge is -2.06. The minimum atomic E-state index is -4.39. The van der Waals surface area contributed by atoms with Gasteiger partial charge in [0.1, 0.15) is 0 Å². The normalized spacial score (nSPS) is 11.5. The van der Waals surface area contributed by atoms with E-state index in [2.05, 4.69) is 5.32 Å². The third-order valence-electron chi connectivity index (χ3n) is 3.47. The van der Waals surface area contributed by atoms with E-state index in [1.807, 2.05) is 17.5 Å². The summed E-state index contributed by atoms with van der Waals surface area (Å²) in [5.41, 5.74) is -0.267. The second-order valence-corrected chi connectivity index (χ2v) is 7.28. The largest absolute Gasteiger partial charge is 0.416 e. The van der Waals surface area contributed by atoms with Gasteiger partial charge in [0.25, 0.3) is 0 Å². The van der Waals surface area contributed by atoms with Crippen LogP contribution in [0.5, 0.6) is 0 Å². The minimum absolute atomic E-state index is 0.0221. The number of ketones is 1. The molecule has 27 heavy (non-hydrogen) atoms. The second-order valence-electron chi connectivity index (χ2n) is 5.67. The van der Waals surface area contributed by atoms with Crippen LogP contribution in [0.3, 0.4) is 0 Å². The number of nitrogens with one attached hydrogen (secondary N) is 1. The van der Waals surface area contributed by atoms with Gasteiger partial charge in [0.2, 0.25) is 5.91 Å². The summed E-state index contributed by atoms with van der Waals surface area (Å²) in [6, 6.07) is 8.21. The van der Waals surface area contributed by atoms with Crippen molar-refractivity contribution in [1.29, 1.82) is 0 Å². The number of alkyl halides is 3.